The fourth-order valence-electron chi connectivity index (χ4n) is 1.89. The van der Waals surface area contributed by atoms with Gasteiger partial charge in [-0.15, -0.1) is 0 Å². The third-order valence-corrected chi connectivity index (χ3v) is 3.55. The smallest absolute Gasteiger partial charge is 0.177 e. The summed E-state index contributed by atoms with van der Waals surface area (Å²) in [5.74, 6) is 0. The van der Waals surface area contributed by atoms with Gasteiger partial charge in [0, 0.05) is 29.0 Å². The van der Waals surface area contributed by atoms with Crippen LogP contribution in [0.5, 0.6) is 0 Å². The lowest BCUT2D eigenvalue weighted by atomic mass is 10.1. The first-order valence-corrected chi connectivity index (χ1v) is 7.00. The monoisotopic (exact) mass is 300 g/mol. The molecule has 1 N–H and O–H groups in total. The molecule has 0 atom stereocenters. The molecule has 0 aliphatic carbocycles. The van der Waals surface area contributed by atoms with Crippen molar-refractivity contribution >= 4 is 35.4 Å². The normalized spacial score (nSPS) is 10.8. The lowest BCUT2D eigenvalue weighted by Gasteiger charge is -2.04. The summed E-state index contributed by atoms with van der Waals surface area (Å²) in [6, 6.07) is 5.69. The predicted octanol–water partition coefficient (Wildman–Crippen LogP) is 4.88. The zero-order valence-electron chi connectivity index (χ0n) is 9.83. The van der Waals surface area contributed by atoms with E-state index in [1.54, 1.807) is 6.07 Å². The van der Waals surface area contributed by atoms with Crippen LogP contribution in [0.2, 0.25) is 10.0 Å². The van der Waals surface area contributed by atoms with Crippen molar-refractivity contribution in [2.24, 2.45) is 0 Å². The van der Waals surface area contributed by atoms with Gasteiger partial charge in [-0.05, 0) is 55.2 Å². The van der Waals surface area contributed by atoms with Gasteiger partial charge in [0.1, 0.15) is 0 Å². The summed E-state index contributed by atoms with van der Waals surface area (Å²) < 4.78 is 2.82. The molecule has 0 fully saturated rings. The quantitative estimate of drug-likeness (QED) is 0.617. The van der Waals surface area contributed by atoms with E-state index in [2.05, 4.69) is 4.98 Å². The van der Waals surface area contributed by atoms with Crippen LogP contribution in [0.25, 0.3) is 0 Å². The van der Waals surface area contributed by atoms with E-state index in [1.807, 2.05) is 29.1 Å². The summed E-state index contributed by atoms with van der Waals surface area (Å²) in [5.41, 5.74) is 1.19. The maximum atomic E-state index is 5.96. The number of H-pyrrole nitrogens is 1. The van der Waals surface area contributed by atoms with Crippen LogP contribution >= 0.6 is 35.4 Å². The molecule has 1 heterocycles. The van der Waals surface area contributed by atoms with Crippen LogP contribution < -0.4 is 0 Å². The van der Waals surface area contributed by atoms with E-state index in [4.69, 9.17) is 35.4 Å². The highest BCUT2D eigenvalue weighted by molar-refractivity contribution is 7.71. The van der Waals surface area contributed by atoms with Gasteiger partial charge in [-0.2, -0.15) is 0 Å². The molecule has 0 spiro atoms. The lowest BCUT2D eigenvalue weighted by Crippen LogP contribution is -1.97. The number of rotatable bonds is 5. The van der Waals surface area contributed by atoms with Crippen molar-refractivity contribution in [3.63, 3.8) is 0 Å². The molecule has 2 aromatic rings. The Hall–Kier alpha value is -0.770. The highest BCUT2D eigenvalue weighted by Crippen LogP contribution is 2.20. The molecule has 0 saturated carbocycles. The maximum Gasteiger partial charge on any atom is 0.177 e. The van der Waals surface area contributed by atoms with Crippen LogP contribution in [0.4, 0.5) is 0 Å². The Bertz CT molecular complexity index is 554. The molecule has 2 nitrogen and oxygen atoms in total. The fraction of sp³-hybridized carbons (Fsp3) is 0.308. The SMILES string of the molecule is S=c1[nH]ccn1CCCCc1cc(Cl)cc(Cl)c1. The number of benzene rings is 1. The summed E-state index contributed by atoms with van der Waals surface area (Å²) in [5, 5.41) is 1.40. The molecule has 2 rings (SSSR count). The second-order valence-corrected chi connectivity index (χ2v) is 5.45. The zero-order valence-corrected chi connectivity index (χ0v) is 12.2. The van der Waals surface area contributed by atoms with Crippen molar-refractivity contribution in [2.45, 2.75) is 25.8 Å². The van der Waals surface area contributed by atoms with Crippen molar-refractivity contribution in [3.05, 3.63) is 51.0 Å². The molecule has 0 aliphatic heterocycles. The molecular weight excluding hydrogens is 287 g/mol. The molecular formula is C13H14Cl2N2S. The first kappa shape index (κ1) is 13.7. The fourth-order valence-corrected chi connectivity index (χ4v) is 2.68. The molecule has 1 aromatic carbocycles. The minimum atomic E-state index is 0.699. The average molecular weight is 301 g/mol. The minimum absolute atomic E-state index is 0.699. The van der Waals surface area contributed by atoms with Gasteiger partial charge in [-0.1, -0.05) is 23.2 Å². The second-order valence-electron chi connectivity index (χ2n) is 4.19. The number of nitrogens with zero attached hydrogens (tertiary/aromatic N) is 1. The Balaban J connectivity index is 1.82. The van der Waals surface area contributed by atoms with E-state index in [0.29, 0.717) is 10.0 Å². The number of aromatic amines is 1. The van der Waals surface area contributed by atoms with Crippen molar-refractivity contribution in [1.29, 1.82) is 0 Å². The molecule has 18 heavy (non-hydrogen) atoms. The van der Waals surface area contributed by atoms with Gasteiger partial charge >= 0.3 is 0 Å². The highest BCUT2D eigenvalue weighted by atomic mass is 35.5. The van der Waals surface area contributed by atoms with E-state index >= 15 is 0 Å². The first-order chi connectivity index (χ1) is 8.65. The number of halogens is 2. The average Bonchev–Trinajstić information content (AvgIpc) is 2.69. The van der Waals surface area contributed by atoms with Crippen molar-refractivity contribution < 1.29 is 0 Å². The number of aromatic nitrogens is 2. The zero-order chi connectivity index (χ0) is 13.0. The number of nitrogens with one attached hydrogen (secondary N) is 1. The molecule has 0 bridgehead atoms. The van der Waals surface area contributed by atoms with Gasteiger partial charge in [0.15, 0.2) is 4.77 Å². The maximum absolute atomic E-state index is 5.96. The standard InChI is InChI=1S/C13H14Cl2N2S/c14-11-7-10(8-12(15)9-11)3-1-2-5-17-6-4-16-13(17)18/h4,6-9H,1-3,5H2,(H,16,18). The molecule has 0 aliphatic rings. The van der Waals surface area contributed by atoms with Crippen molar-refractivity contribution in [2.75, 3.05) is 0 Å². The molecule has 0 unspecified atom stereocenters. The topological polar surface area (TPSA) is 20.7 Å². The second kappa shape index (κ2) is 6.41. The summed E-state index contributed by atoms with van der Waals surface area (Å²) in [6.45, 7) is 0.941. The minimum Gasteiger partial charge on any atom is -0.337 e. The van der Waals surface area contributed by atoms with E-state index in [1.165, 1.54) is 5.56 Å². The molecule has 1 aromatic heterocycles. The molecule has 0 radical (unpaired) electrons. The van der Waals surface area contributed by atoms with Crippen molar-refractivity contribution in [1.82, 2.24) is 9.55 Å². The van der Waals surface area contributed by atoms with E-state index < -0.39 is 0 Å². The van der Waals surface area contributed by atoms with Gasteiger partial charge < -0.3 is 9.55 Å². The van der Waals surface area contributed by atoms with E-state index in [0.717, 1.165) is 30.6 Å². The Labute approximate surface area is 122 Å². The Morgan fingerprint density at radius 1 is 1.11 bits per heavy atom. The van der Waals surface area contributed by atoms with Gasteiger partial charge in [0.2, 0.25) is 0 Å². The Morgan fingerprint density at radius 3 is 2.44 bits per heavy atom. The van der Waals surface area contributed by atoms with Crippen molar-refractivity contribution in [3.8, 4) is 0 Å². The van der Waals surface area contributed by atoms with Gasteiger partial charge in [-0.3, -0.25) is 0 Å². The number of imidazole rings is 1. The number of hydrogen-bond acceptors (Lipinski definition) is 1. The molecule has 96 valence electrons. The number of aryl methyl sites for hydroxylation is 2. The highest BCUT2D eigenvalue weighted by Gasteiger charge is 1.99. The largest absolute Gasteiger partial charge is 0.337 e. The van der Waals surface area contributed by atoms with Crippen LogP contribution in [0.1, 0.15) is 18.4 Å². The summed E-state index contributed by atoms with van der Waals surface area (Å²) >= 11 is 17.1. The van der Waals surface area contributed by atoms with Gasteiger partial charge in [-0.25, -0.2) is 0 Å². The van der Waals surface area contributed by atoms with Crippen LogP contribution in [-0.2, 0) is 13.0 Å². The third-order valence-electron chi connectivity index (χ3n) is 2.76. The summed E-state index contributed by atoms with van der Waals surface area (Å²) in [6.07, 6.45) is 6.98. The number of hydrogen-bond donors (Lipinski definition) is 1. The molecule has 5 heteroatoms. The van der Waals surface area contributed by atoms with Gasteiger partial charge in [0.25, 0.3) is 0 Å². The third kappa shape index (κ3) is 3.87. The van der Waals surface area contributed by atoms with Crippen LogP contribution in [-0.4, -0.2) is 9.55 Å². The van der Waals surface area contributed by atoms with Crippen LogP contribution in [0, 0.1) is 4.77 Å². The Kier molecular flexibility index (Phi) is 4.87. The first-order valence-electron chi connectivity index (χ1n) is 5.84. The summed E-state index contributed by atoms with van der Waals surface area (Å²) in [4.78, 5) is 2.99. The van der Waals surface area contributed by atoms with Crippen LogP contribution in [0.3, 0.4) is 0 Å². The van der Waals surface area contributed by atoms with Gasteiger partial charge in [0.05, 0.1) is 0 Å². The predicted molar refractivity (Wildman–Crippen MR) is 79.0 cm³/mol. The molecule has 0 amide bonds. The summed E-state index contributed by atoms with van der Waals surface area (Å²) in [7, 11) is 0. The van der Waals surface area contributed by atoms with E-state index in [9.17, 15) is 0 Å². The van der Waals surface area contributed by atoms with E-state index in [-0.39, 0.29) is 0 Å². The number of unbranched alkanes of at least 4 members (excludes halogenated alkanes) is 1. The Morgan fingerprint density at radius 2 is 1.83 bits per heavy atom. The van der Waals surface area contributed by atoms with Crippen LogP contribution in [0.15, 0.2) is 30.6 Å². The molecule has 0 saturated heterocycles. The lowest BCUT2D eigenvalue weighted by molar-refractivity contribution is 0.603.